The van der Waals surface area contributed by atoms with Gasteiger partial charge in [0, 0.05) is 11.4 Å². The van der Waals surface area contributed by atoms with Gasteiger partial charge in [-0.15, -0.1) is 0 Å². The average Bonchev–Trinajstić information content (AvgIpc) is 2.05. The highest BCUT2D eigenvalue weighted by Crippen LogP contribution is 2.06. The second-order valence-corrected chi connectivity index (χ2v) is 2.65. The number of nitrogens with two attached hydrogens (primary N) is 1. The number of hydrogen-bond donors (Lipinski definition) is 2. The van der Waals surface area contributed by atoms with Crippen LogP contribution in [0.3, 0.4) is 0 Å². The quantitative estimate of drug-likeness (QED) is 0.639. The van der Waals surface area contributed by atoms with E-state index >= 15 is 0 Å². The van der Waals surface area contributed by atoms with Gasteiger partial charge in [0.1, 0.15) is 0 Å². The predicted molar refractivity (Wildman–Crippen MR) is 52.0 cm³/mol. The van der Waals surface area contributed by atoms with Crippen LogP contribution in [0.15, 0.2) is 36.4 Å². The van der Waals surface area contributed by atoms with Crippen LogP contribution in [0.2, 0.25) is 0 Å². The SMILES string of the molecule is CC(=N)/C=C(\N)c1ccccc1. The molecule has 1 aromatic rings. The maximum absolute atomic E-state index is 7.22. The third kappa shape index (κ3) is 2.23. The van der Waals surface area contributed by atoms with E-state index in [0.717, 1.165) is 5.56 Å². The van der Waals surface area contributed by atoms with Crippen LogP contribution >= 0.6 is 0 Å². The van der Waals surface area contributed by atoms with E-state index in [2.05, 4.69) is 0 Å². The second kappa shape index (κ2) is 3.72. The lowest BCUT2D eigenvalue weighted by atomic mass is 10.1. The summed E-state index contributed by atoms with van der Waals surface area (Å²) in [6, 6.07) is 9.64. The molecule has 0 saturated heterocycles. The summed E-state index contributed by atoms with van der Waals surface area (Å²) >= 11 is 0. The fraction of sp³-hybridized carbons (Fsp3) is 0.100. The predicted octanol–water partition coefficient (Wildman–Crippen LogP) is 2.03. The summed E-state index contributed by atoms with van der Waals surface area (Å²) in [7, 11) is 0. The second-order valence-electron chi connectivity index (χ2n) is 2.65. The molecule has 0 unspecified atom stereocenters. The fourth-order valence-electron chi connectivity index (χ4n) is 0.947. The molecule has 0 fully saturated rings. The first kappa shape index (κ1) is 8.53. The van der Waals surface area contributed by atoms with Crippen molar-refractivity contribution in [3.8, 4) is 0 Å². The maximum atomic E-state index is 7.22. The van der Waals surface area contributed by atoms with Gasteiger partial charge in [-0.25, -0.2) is 0 Å². The molecule has 0 saturated carbocycles. The lowest BCUT2D eigenvalue weighted by molar-refractivity contribution is 1.47. The van der Waals surface area contributed by atoms with Gasteiger partial charge in [-0.05, 0) is 18.6 Å². The minimum atomic E-state index is 0.469. The van der Waals surface area contributed by atoms with Crippen molar-refractivity contribution in [3.05, 3.63) is 42.0 Å². The first-order chi connectivity index (χ1) is 5.70. The molecule has 0 aliphatic carbocycles. The molecular weight excluding hydrogens is 148 g/mol. The number of allylic oxidation sites excluding steroid dienone is 1. The lowest BCUT2D eigenvalue weighted by Gasteiger charge is -1.99. The van der Waals surface area contributed by atoms with Crippen molar-refractivity contribution in [3.63, 3.8) is 0 Å². The van der Waals surface area contributed by atoms with Gasteiger partial charge in [0.25, 0.3) is 0 Å². The summed E-state index contributed by atoms with van der Waals surface area (Å²) in [6.45, 7) is 1.70. The highest BCUT2D eigenvalue weighted by molar-refractivity contribution is 5.96. The van der Waals surface area contributed by atoms with Crippen molar-refractivity contribution in [2.45, 2.75) is 6.92 Å². The molecule has 1 aromatic carbocycles. The zero-order valence-corrected chi connectivity index (χ0v) is 7.04. The van der Waals surface area contributed by atoms with Gasteiger partial charge in [-0.1, -0.05) is 30.3 Å². The molecule has 0 spiro atoms. The average molecular weight is 160 g/mol. The third-order valence-corrected chi connectivity index (χ3v) is 1.48. The van der Waals surface area contributed by atoms with E-state index in [1.807, 2.05) is 30.3 Å². The molecule has 0 bridgehead atoms. The molecule has 0 amide bonds. The van der Waals surface area contributed by atoms with E-state index in [-0.39, 0.29) is 0 Å². The highest BCUT2D eigenvalue weighted by Gasteiger charge is 1.93. The smallest absolute Gasteiger partial charge is 0.0405 e. The Morgan fingerprint density at radius 2 is 1.92 bits per heavy atom. The topological polar surface area (TPSA) is 49.9 Å². The van der Waals surface area contributed by atoms with Crippen LogP contribution in [0.4, 0.5) is 0 Å². The molecule has 0 heterocycles. The van der Waals surface area contributed by atoms with Crippen LogP contribution in [-0.4, -0.2) is 5.71 Å². The Kier molecular flexibility index (Phi) is 2.64. The van der Waals surface area contributed by atoms with E-state index in [9.17, 15) is 0 Å². The van der Waals surface area contributed by atoms with Crippen LogP contribution in [0, 0.1) is 5.41 Å². The van der Waals surface area contributed by atoms with Gasteiger partial charge < -0.3 is 11.1 Å². The standard InChI is InChI=1S/C10H12N2/c1-8(11)7-10(12)9-5-3-2-4-6-9/h2-7,11H,12H2,1H3/b10-7-,11-8?. The van der Waals surface area contributed by atoms with Crippen molar-refractivity contribution < 1.29 is 0 Å². The largest absolute Gasteiger partial charge is 0.398 e. The van der Waals surface area contributed by atoms with Crippen molar-refractivity contribution in [1.82, 2.24) is 0 Å². The Morgan fingerprint density at radius 1 is 1.33 bits per heavy atom. The summed E-state index contributed by atoms with van der Waals surface area (Å²) in [5, 5.41) is 7.22. The van der Waals surface area contributed by atoms with E-state index in [0.29, 0.717) is 11.4 Å². The van der Waals surface area contributed by atoms with Crippen LogP contribution in [0.25, 0.3) is 5.70 Å². The highest BCUT2D eigenvalue weighted by atomic mass is 14.6. The zero-order chi connectivity index (χ0) is 8.97. The number of rotatable bonds is 2. The van der Waals surface area contributed by atoms with Gasteiger partial charge >= 0.3 is 0 Å². The minimum Gasteiger partial charge on any atom is -0.398 e. The number of hydrogen-bond acceptors (Lipinski definition) is 2. The first-order valence-electron chi connectivity index (χ1n) is 3.78. The van der Waals surface area contributed by atoms with Crippen LogP contribution in [0.1, 0.15) is 12.5 Å². The minimum absolute atomic E-state index is 0.469. The Balaban J connectivity index is 2.93. The number of benzene rings is 1. The van der Waals surface area contributed by atoms with Gasteiger partial charge in [0.15, 0.2) is 0 Å². The van der Waals surface area contributed by atoms with Crippen molar-refractivity contribution in [2.75, 3.05) is 0 Å². The summed E-state index contributed by atoms with van der Waals surface area (Å²) < 4.78 is 0. The van der Waals surface area contributed by atoms with Crippen molar-refractivity contribution in [1.29, 1.82) is 5.41 Å². The molecule has 0 aliphatic heterocycles. The normalized spacial score (nSPS) is 11.2. The first-order valence-corrected chi connectivity index (χ1v) is 3.78. The third-order valence-electron chi connectivity index (χ3n) is 1.48. The van der Waals surface area contributed by atoms with Crippen LogP contribution < -0.4 is 5.73 Å². The summed E-state index contributed by atoms with van der Waals surface area (Å²) in [6.07, 6.45) is 1.65. The molecular formula is C10H12N2. The van der Waals surface area contributed by atoms with Gasteiger partial charge in [-0.3, -0.25) is 0 Å². The molecule has 3 N–H and O–H groups in total. The van der Waals surface area contributed by atoms with Crippen molar-refractivity contribution >= 4 is 11.4 Å². The Hall–Kier alpha value is -1.57. The van der Waals surface area contributed by atoms with Gasteiger partial charge in [0.05, 0.1) is 0 Å². The molecule has 2 heteroatoms. The molecule has 0 aromatic heterocycles. The molecule has 12 heavy (non-hydrogen) atoms. The van der Waals surface area contributed by atoms with Gasteiger partial charge in [0.2, 0.25) is 0 Å². The molecule has 1 rings (SSSR count). The lowest BCUT2D eigenvalue weighted by Crippen LogP contribution is -1.98. The summed E-state index contributed by atoms with van der Waals surface area (Å²) in [5.74, 6) is 0. The monoisotopic (exact) mass is 160 g/mol. The maximum Gasteiger partial charge on any atom is 0.0405 e. The number of nitrogens with one attached hydrogen (secondary N) is 1. The molecule has 0 aliphatic rings. The van der Waals surface area contributed by atoms with E-state index in [1.54, 1.807) is 13.0 Å². The van der Waals surface area contributed by atoms with Crippen molar-refractivity contribution in [2.24, 2.45) is 5.73 Å². The summed E-state index contributed by atoms with van der Waals surface area (Å²) in [4.78, 5) is 0. The van der Waals surface area contributed by atoms with E-state index in [1.165, 1.54) is 0 Å². The summed E-state index contributed by atoms with van der Waals surface area (Å²) in [5.41, 5.74) is 7.79. The molecule has 0 atom stereocenters. The van der Waals surface area contributed by atoms with E-state index < -0.39 is 0 Å². The fourth-order valence-corrected chi connectivity index (χ4v) is 0.947. The Labute approximate surface area is 72.2 Å². The van der Waals surface area contributed by atoms with E-state index in [4.69, 9.17) is 11.1 Å². The molecule has 2 nitrogen and oxygen atoms in total. The Bertz CT molecular complexity index is 299. The Morgan fingerprint density at radius 3 is 2.42 bits per heavy atom. The van der Waals surface area contributed by atoms with Gasteiger partial charge in [-0.2, -0.15) is 0 Å². The zero-order valence-electron chi connectivity index (χ0n) is 7.04. The molecule has 0 radical (unpaired) electrons. The van der Waals surface area contributed by atoms with Crippen LogP contribution in [0.5, 0.6) is 0 Å². The van der Waals surface area contributed by atoms with Crippen LogP contribution in [-0.2, 0) is 0 Å². The molecule has 62 valence electrons.